The Morgan fingerprint density at radius 3 is 2.71 bits per heavy atom. The van der Waals surface area contributed by atoms with E-state index in [1.54, 1.807) is 0 Å². The van der Waals surface area contributed by atoms with Crippen LogP contribution in [0.4, 0.5) is 0 Å². The van der Waals surface area contributed by atoms with Crippen LogP contribution in [0.5, 0.6) is 5.75 Å². The van der Waals surface area contributed by atoms with E-state index in [0.29, 0.717) is 12.1 Å². The fourth-order valence-corrected chi connectivity index (χ4v) is 2.87. The summed E-state index contributed by atoms with van der Waals surface area (Å²) in [5.74, 6) is 0.968. The fourth-order valence-electron chi connectivity index (χ4n) is 2.87. The molecule has 2 atom stereocenters. The van der Waals surface area contributed by atoms with E-state index in [4.69, 9.17) is 9.47 Å². The third-order valence-electron chi connectivity index (χ3n) is 4.01. The molecule has 0 aromatic heterocycles. The van der Waals surface area contributed by atoms with Gasteiger partial charge in [0.1, 0.15) is 5.75 Å². The molecular weight excluding hydrogens is 262 g/mol. The summed E-state index contributed by atoms with van der Waals surface area (Å²) in [6, 6.07) is 8.96. The van der Waals surface area contributed by atoms with Crippen LogP contribution in [-0.2, 0) is 4.74 Å². The summed E-state index contributed by atoms with van der Waals surface area (Å²) >= 11 is 0. The first-order valence-electron chi connectivity index (χ1n) is 8.41. The lowest BCUT2D eigenvalue weighted by Crippen LogP contribution is -2.22. The van der Waals surface area contributed by atoms with Gasteiger partial charge in [0.05, 0.1) is 12.7 Å². The van der Waals surface area contributed by atoms with Crippen molar-refractivity contribution in [1.82, 2.24) is 5.32 Å². The molecule has 3 nitrogen and oxygen atoms in total. The van der Waals surface area contributed by atoms with Gasteiger partial charge in [0.15, 0.2) is 0 Å². The van der Waals surface area contributed by atoms with Crippen LogP contribution in [0, 0.1) is 0 Å². The summed E-state index contributed by atoms with van der Waals surface area (Å²) in [6.45, 7) is 7.01. The van der Waals surface area contributed by atoms with Crippen LogP contribution in [0.3, 0.4) is 0 Å². The second-order valence-electron chi connectivity index (χ2n) is 5.74. The summed E-state index contributed by atoms with van der Waals surface area (Å²) in [7, 11) is 0. The zero-order chi connectivity index (χ0) is 14.9. The zero-order valence-corrected chi connectivity index (χ0v) is 13.4. The molecule has 1 aliphatic heterocycles. The molecule has 2 rings (SSSR count). The van der Waals surface area contributed by atoms with Crippen molar-refractivity contribution in [1.29, 1.82) is 0 Å². The quantitative estimate of drug-likeness (QED) is 0.743. The first kappa shape index (κ1) is 16.3. The summed E-state index contributed by atoms with van der Waals surface area (Å²) in [6.07, 6.45) is 6.24. The third kappa shape index (κ3) is 5.33. The van der Waals surface area contributed by atoms with E-state index in [0.717, 1.165) is 44.8 Å². The molecule has 1 aromatic rings. The number of hydrogen-bond donors (Lipinski definition) is 1. The summed E-state index contributed by atoms with van der Waals surface area (Å²) in [5.41, 5.74) is 1.35. The van der Waals surface area contributed by atoms with Crippen LogP contribution >= 0.6 is 0 Å². The smallest absolute Gasteiger partial charge is 0.119 e. The largest absolute Gasteiger partial charge is 0.494 e. The van der Waals surface area contributed by atoms with Crippen LogP contribution < -0.4 is 10.1 Å². The van der Waals surface area contributed by atoms with Crippen molar-refractivity contribution in [3.05, 3.63) is 29.8 Å². The molecule has 1 N–H and O–H groups in total. The second-order valence-corrected chi connectivity index (χ2v) is 5.74. The second kappa shape index (κ2) is 9.06. The first-order valence-corrected chi connectivity index (χ1v) is 8.41. The van der Waals surface area contributed by atoms with Crippen LogP contribution in [-0.4, -0.2) is 25.9 Å². The Kier molecular flexibility index (Phi) is 7.04. The maximum absolute atomic E-state index is 5.73. The highest BCUT2D eigenvalue weighted by atomic mass is 16.5. The molecule has 0 aliphatic carbocycles. The molecular formula is C18H29NO2. The minimum Gasteiger partial charge on any atom is -0.494 e. The molecule has 1 aliphatic rings. The van der Waals surface area contributed by atoms with Gasteiger partial charge in [-0.2, -0.15) is 0 Å². The molecule has 1 saturated heterocycles. The molecule has 2 unspecified atom stereocenters. The molecule has 1 aromatic carbocycles. The highest BCUT2D eigenvalue weighted by Crippen LogP contribution is 2.25. The molecule has 118 valence electrons. The van der Waals surface area contributed by atoms with E-state index in [9.17, 15) is 0 Å². The summed E-state index contributed by atoms with van der Waals surface area (Å²) < 4.78 is 11.4. The zero-order valence-electron chi connectivity index (χ0n) is 13.4. The van der Waals surface area contributed by atoms with Crippen molar-refractivity contribution >= 4 is 0 Å². The lowest BCUT2D eigenvalue weighted by atomic mass is 9.99. The van der Waals surface area contributed by atoms with Crippen molar-refractivity contribution in [2.24, 2.45) is 0 Å². The number of hydrogen-bond acceptors (Lipinski definition) is 3. The number of rotatable bonds is 9. The van der Waals surface area contributed by atoms with Crippen molar-refractivity contribution in [3.63, 3.8) is 0 Å². The Balaban J connectivity index is 1.89. The van der Waals surface area contributed by atoms with Crippen LogP contribution in [0.15, 0.2) is 24.3 Å². The van der Waals surface area contributed by atoms with Gasteiger partial charge >= 0.3 is 0 Å². The maximum atomic E-state index is 5.73. The van der Waals surface area contributed by atoms with Crippen LogP contribution in [0.25, 0.3) is 0 Å². The molecule has 1 heterocycles. The van der Waals surface area contributed by atoms with Gasteiger partial charge in [-0.15, -0.1) is 0 Å². The Labute approximate surface area is 129 Å². The summed E-state index contributed by atoms with van der Waals surface area (Å²) in [4.78, 5) is 0. The van der Waals surface area contributed by atoms with E-state index in [-0.39, 0.29) is 0 Å². The van der Waals surface area contributed by atoms with E-state index in [1.807, 2.05) is 0 Å². The minimum atomic E-state index is 0.416. The van der Waals surface area contributed by atoms with Crippen LogP contribution in [0.2, 0.25) is 0 Å². The molecule has 3 heteroatoms. The highest BCUT2D eigenvalue weighted by Gasteiger charge is 2.18. The average molecular weight is 291 g/mol. The van der Waals surface area contributed by atoms with Crippen molar-refractivity contribution < 1.29 is 9.47 Å². The Hall–Kier alpha value is -1.06. The van der Waals surface area contributed by atoms with Gasteiger partial charge < -0.3 is 14.8 Å². The standard InChI is InChI=1S/C18H29NO2/c1-3-13-20-17-9-7-15(8-10-17)18(19-4-2)12-11-16-6-5-14-21-16/h7-10,16,18-19H,3-6,11-14H2,1-2H3. The van der Waals surface area contributed by atoms with E-state index in [1.165, 1.54) is 18.4 Å². The number of nitrogens with one attached hydrogen (secondary N) is 1. The first-order chi connectivity index (χ1) is 10.3. The Morgan fingerprint density at radius 2 is 2.10 bits per heavy atom. The van der Waals surface area contributed by atoms with E-state index < -0.39 is 0 Å². The Morgan fingerprint density at radius 1 is 1.29 bits per heavy atom. The molecule has 0 amide bonds. The fraction of sp³-hybridized carbons (Fsp3) is 0.667. The van der Waals surface area contributed by atoms with Crippen molar-refractivity contribution in [2.45, 2.75) is 58.1 Å². The van der Waals surface area contributed by atoms with Gasteiger partial charge in [-0.3, -0.25) is 0 Å². The van der Waals surface area contributed by atoms with Gasteiger partial charge in [-0.05, 0) is 56.3 Å². The minimum absolute atomic E-state index is 0.416. The third-order valence-corrected chi connectivity index (χ3v) is 4.01. The molecule has 1 fully saturated rings. The molecule has 0 radical (unpaired) electrons. The summed E-state index contributed by atoms with van der Waals surface area (Å²) in [5, 5.41) is 3.59. The lowest BCUT2D eigenvalue weighted by molar-refractivity contribution is 0.0996. The molecule has 0 bridgehead atoms. The maximum Gasteiger partial charge on any atom is 0.119 e. The topological polar surface area (TPSA) is 30.5 Å². The average Bonchev–Trinajstić information content (AvgIpc) is 3.03. The lowest BCUT2D eigenvalue weighted by Gasteiger charge is -2.20. The predicted octanol–water partition coefficient (Wildman–Crippen LogP) is 4.09. The number of benzene rings is 1. The van der Waals surface area contributed by atoms with E-state index in [2.05, 4.69) is 43.4 Å². The monoisotopic (exact) mass is 291 g/mol. The molecule has 0 saturated carbocycles. The van der Waals surface area contributed by atoms with Gasteiger partial charge in [0, 0.05) is 12.6 Å². The van der Waals surface area contributed by atoms with Gasteiger partial charge in [-0.1, -0.05) is 26.0 Å². The van der Waals surface area contributed by atoms with E-state index >= 15 is 0 Å². The highest BCUT2D eigenvalue weighted by molar-refractivity contribution is 5.29. The van der Waals surface area contributed by atoms with Crippen molar-refractivity contribution in [2.75, 3.05) is 19.8 Å². The SMILES string of the molecule is CCCOc1ccc(C(CCC2CCCO2)NCC)cc1. The van der Waals surface area contributed by atoms with Crippen LogP contribution in [0.1, 0.15) is 57.6 Å². The van der Waals surface area contributed by atoms with Gasteiger partial charge in [-0.25, -0.2) is 0 Å². The number of ether oxygens (including phenoxy) is 2. The van der Waals surface area contributed by atoms with Crippen molar-refractivity contribution in [3.8, 4) is 5.75 Å². The van der Waals surface area contributed by atoms with Gasteiger partial charge in [0.2, 0.25) is 0 Å². The Bertz CT molecular complexity index is 385. The molecule has 0 spiro atoms. The predicted molar refractivity (Wildman–Crippen MR) is 86.9 cm³/mol. The van der Waals surface area contributed by atoms with Gasteiger partial charge in [0.25, 0.3) is 0 Å². The normalized spacial score (nSPS) is 19.6. The molecule has 21 heavy (non-hydrogen) atoms.